The van der Waals surface area contributed by atoms with Gasteiger partial charge in [0.15, 0.2) is 0 Å². The zero-order chi connectivity index (χ0) is 18.5. The van der Waals surface area contributed by atoms with Crippen LogP contribution in [0.2, 0.25) is 0 Å². The van der Waals surface area contributed by atoms with Crippen LogP contribution in [0.4, 0.5) is 0 Å². The summed E-state index contributed by atoms with van der Waals surface area (Å²) in [7, 11) is 0. The molecule has 0 aliphatic rings. The molecule has 0 saturated carbocycles. The van der Waals surface area contributed by atoms with Crippen molar-refractivity contribution in [3.8, 4) is 0 Å². The summed E-state index contributed by atoms with van der Waals surface area (Å²) in [5.41, 5.74) is 0.255. The monoisotopic (exact) mass is 399 g/mol. The summed E-state index contributed by atoms with van der Waals surface area (Å²) in [5, 5.41) is 3.33. The van der Waals surface area contributed by atoms with Crippen molar-refractivity contribution < 1.29 is 14.3 Å². The lowest BCUT2D eigenvalue weighted by Gasteiger charge is -2.29. The number of carbonyl (C=O) groups is 1. The molecule has 5 heteroatoms. The maximum absolute atomic E-state index is 12.5. The first-order valence-electron chi connectivity index (χ1n) is 8.26. The van der Waals surface area contributed by atoms with Crippen molar-refractivity contribution in [1.29, 1.82) is 0 Å². The lowest BCUT2D eigenvalue weighted by molar-refractivity contribution is -0.160. The Kier molecular flexibility index (Phi) is 7.44. The first-order chi connectivity index (χ1) is 10.9. The van der Waals surface area contributed by atoms with Gasteiger partial charge in [-0.3, -0.25) is 10.1 Å². The van der Waals surface area contributed by atoms with Crippen LogP contribution in [-0.2, 0) is 14.3 Å². The molecule has 1 aromatic rings. The molecule has 136 valence electrons. The van der Waals surface area contributed by atoms with Gasteiger partial charge in [-0.25, -0.2) is 0 Å². The van der Waals surface area contributed by atoms with Crippen molar-refractivity contribution in [1.82, 2.24) is 5.32 Å². The second-order valence-electron chi connectivity index (χ2n) is 7.95. The largest absolute Gasteiger partial charge is 0.459 e. The van der Waals surface area contributed by atoms with E-state index < -0.39 is 11.6 Å². The first kappa shape index (κ1) is 21.1. The predicted octanol–water partition coefficient (Wildman–Crippen LogP) is 4.63. The molecule has 1 aromatic carbocycles. The molecule has 2 atom stereocenters. The molecule has 0 spiro atoms. The number of benzene rings is 1. The second kappa shape index (κ2) is 8.45. The molecule has 1 rings (SSSR count). The summed E-state index contributed by atoms with van der Waals surface area (Å²) < 4.78 is 12.4. The normalized spacial score (nSPS) is 15.0. The average molecular weight is 400 g/mol. The van der Waals surface area contributed by atoms with Gasteiger partial charge in [-0.15, -0.1) is 0 Å². The minimum atomic E-state index is -0.528. The summed E-state index contributed by atoms with van der Waals surface area (Å²) >= 11 is 3.43. The lowest BCUT2D eigenvalue weighted by atomic mass is 10.1. The molecule has 0 aliphatic carbocycles. The van der Waals surface area contributed by atoms with E-state index in [1.165, 1.54) is 0 Å². The first-order valence-corrected chi connectivity index (χ1v) is 9.05. The van der Waals surface area contributed by atoms with Crippen LogP contribution in [0, 0.1) is 0 Å². The molecular weight excluding hydrogens is 370 g/mol. The molecule has 2 unspecified atom stereocenters. The van der Waals surface area contributed by atoms with Crippen molar-refractivity contribution >= 4 is 21.9 Å². The highest BCUT2D eigenvalue weighted by Crippen LogP contribution is 2.19. The Morgan fingerprint density at radius 1 is 1.08 bits per heavy atom. The number of ether oxygens (including phenoxy) is 2. The standard InChI is InChI=1S/C19H30BrNO3/c1-13(14-8-10-15(20)11-9-14)21-16(12-23-18(2,3)4)17(22)24-19(5,6)7/h8-11,13,16,21H,12H2,1-7H3. The van der Waals surface area contributed by atoms with E-state index in [9.17, 15) is 4.79 Å². The Hall–Kier alpha value is -0.910. The molecular formula is C19H30BrNO3. The van der Waals surface area contributed by atoms with Crippen molar-refractivity contribution in [2.75, 3.05) is 6.61 Å². The lowest BCUT2D eigenvalue weighted by Crippen LogP contribution is -2.46. The van der Waals surface area contributed by atoms with E-state index in [0.29, 0.717) is 0 Å². The Labute approximate surface area is 154 Å². The van der Waals surface area contributed by atoms with E-state index >= 15 is 0 Å². The third kappa shape index (κ3) is 8.27. The number of carbonyl (C=O) groups excluding carboxylic acids is 1. The number of esters is 1. The zero-order valence-corrected chi connectivity index (χ0v) is 17.4. The highest BCUT2D eigenvalue weighted by molar-refractivity contribution is 9.10. The maximum atomic E-state index is 12.5. The Morgan fingerprint density at radius 3 is 2.08 bits per heavy atom. The number of hydrogen-bond donors (Lipinski definition) is 1. The van der Waals surface area contributed by atoms with Crippen molar-refractivity contribution in [3.05, 3.63) is 34.3 Å². The van der Waals surface area contributed by atoms with Gasteiger partial charge in [0.2, 0.25) is 0 Å². The molecule has 0 radical (unpaired) electrons. The number of nitrogens with one attached hydrogen (secondary N) is 1. The highest BCUT2D eigenvalue weighted by Gasteiger charge is 2.28. The van der Waals surface area contributed by atoms with Gasteiger partial charge in [0.1, 0.15) is 11.6 Å². The Balaban J connectivity index is 2.83. The van der Waals surface area contributed by atoms with Crippen molar-refractivity contribution in [2.24, 2.45) is 0 Å². The van der Waals surface area contributed by atoms with Crippen LogP contribution in [0.25, 0.3) is 0 Å². The van der Waals surface area contributed by atoms with Crippen LogP contribution in [0.5, 0.6) is 0 Å². The second-order valence-corrected chi connectivity index (χ2v) is 8.87. The van der Waals surface area contributed by atoms with Crippen molar-refractivity contribution in [3.63, 3.8) is 0 Å². The number of hydrogen-bond acceptors (Lipinski definition) is 4. The van der Waals surface area contributed by atoms with Crippen LogP contribution in [0.1, 0.15) is 60.1 Å². The molecule has 24 heavy (non-hydrogen) atoms. The highest BCUT2D eigenvalue weighted by atomic mass is 79.9. The Bertz CT molecular complexity index is 529. The fraction of sp³-hybridized carbons (Fsp3) is 0.632. The topological polar surface area (TPSA) is 47.6 Å². The minimum absolute atomic E-state index is 0.000753. The van der Waals surface area contributed by atoms with E-state index in [0.717, 1.165) is 10.0 Å². The minimum Gasteiger partial charge on any atom is -0.459 e. The fourth-order valence-electron chi connectivity index (χ4n) is 2.04. The van der Waals surface area contributed by atoms with Gasteiger partial charge >= 0.3 is 5.97 Å². The molecule has 0 heterocycles. The average Bonchev–Trinajstić information content (AvgIpc) is 2.40. The van der Waals surface area contributed by atoms with Gasteiger partial charge in [0, 0.05) is 10.5 Å². The molecule has 0 aliphatic heterocycles. The summed E-state index contributed by atoms with van der Waals surface area (Å²) in [4.78, 5) is 12.5. The maximum Gasteiger partial charge on any atom is 0.326 e. The summed E-state index contributed by atoms with van der Waals surface area (Å²) in [6.45, 7) is 13.8. The van der Waals surface area contributed by atoms with Gasteiger partial charge in [-0.05, 0) is 66.2 Å². The van der Waals surface area contributed by atoms with E-state index in [1.807, 2.05) is 72.7 Å². The van der Waals surface area contributed by atoms with E-state index in [2.05, 4.69) is 21.2 Å². The van der Waals surface area contributed by atoms with E-state index in [1.54, 1.807) is 0 Å². The SMILES string of the molecule is CC(NC(COC(C)(C)C)C(=O)OC(C)(C)C)c1ccc(Br)cc1. The molecule has 0 bridgehead atoms. The van der Waals surface area contributed by atoms with E-state index in [-0.39, 0.29) is 24.2 Å². The van der Waals surface area contributed by atoms with Crippen LogP contribution < -0.4 is 5.32 Å². The van der Waals surface area contributed by atoms with Crippen LogP contribution >= 0.6 is 15.9 Å². The van der Waals surface area contributed by atoms with Crippen molar-refractivity contribution in [2.45, 2.75) is 71.8 Å². The van der Waals surface area contributed by atoms with Gasteiger partial charge in [-0.1, -0.05) is 28.1 Å². The number of rotatable bonds is 6. The number of halogens is 1. The van der Waals surface area contributed by atoms with Gasteiger partial charge < -0.3 is 9.47 Å². The summed E-state index contributed by atoms with van der Waals surface area (Å²) in [5.74, 6) is -0.296. The molecule has 0 saturated heterocycles. The van der Waals surface area contributed by atoms with Crippen LogP contribution in [0.15, 0.2) is 28.7 Å². The fourth-order valence-corrected chi connectivity index (χ4v) is 2.30. The third-order valence-electron chi connectivity index (χ3n) is 3.20. The predicted molar refractivity (Wildman–Crippen MR) is 101 cm³/mol. The smallest absolute Gasteiger partial charge is 0.326 e. The zero-order valence-electron chi connectivity index (χ0n) is 15.8. The molecule has 0 amide bonds. The Morgan fingerprint density at radius 2 is 1.62 bits per heavy atom. The van der Waals surface area contributed by atoms with Gasteiger partial charge in [0.25, 0.3) is 0 Å². The molecule has 0 aromatic heterocycles. The molecule has 0 fully saturated rings. The quantitative estimate of drug-likeness (QED) is 0.708. The van der Waals surface area contributed by atoms with Gasteiger partial charge in [0.05, 0.1) is 12.2 Å². The van der Waals surface area contributed by atoms with E-state index in [4.69, 9.17) is 9.47 Å². The third-order valence-corrected chi connectivity index (χ3v) is 3.72. The van der Waals surface area contributed by atoms with Crippen LogP contribution in [-0.4, -0.2) is 29.8 Å². The molecule has 4 nitrogen and oxygen atoms in total. The van der Waals surface area contributed by atoms with Crippen LogP contribution in [0.3, 0.4) is 0 Å². The molecule has 1 N–H and O–H groups in total. The van der Waals surface area contributed by atoms with Gasteiger partial charge in [-0.2, -0.15) is 0 Å². The summed E-state index contributed by atoms with van der Waals surface area (Å²) in [6, 6.07) is 7.50. The summed E-state index contributed by atoms with van der Waals surface area (Å²) in [6.07, 6.45) is 0.